The Morgan fingerprint density at radius 3 is 2.05 bits per heavy atom. The lowest BCUT2D eigenvalue weighted by molar-refractivity contribution is -0.141. The molecule has 212 valence electrons. The number of thiophene rings is 1. The summed E-state index contributed by atoms with van der Waals surface area (Å²) in [6.07, 6.45) is 3.72. The standard InChI is InChI=1S/C31H31BrN4O4S/c1-18(30(39)40)35-28(37)24(36-29(38)25-13-14-26(41-25)31(2,3)4)15-19-5-7-21(8-6-19)27-33-16-22(17-34-27)20-9-11-23(32)12-10-20/h5-14,16-18,24H,15H2,1-4H3,(H,35,37)(H,36,38)(H,39,40)/t18-,24+/m1/s1. The van der Waals surface area contributed by atoms with E-state index >= 15 is 0 Å². The van der Waals surface area contributed by atoms with Gasteiger partial charge >= 0.3 is 5.97 Å². The summed E-state index contributed by atoms with van der Waals surface area (Å²) in [5, 5.41) is 14.5. The van der Waals surface area contributed by atoms with Gasteiger partial charge in [-0.2, -0.15) is 0 Å². The molecule has 0 aliphatic heterocycles. The summed E-state index contributed by atoms with van der Waals surface area (Å²) in [5.41, 5.74) is 3.38. The molecule has 4 rings (SSSR count). The molecule has 0 radical (unpaired) electrons. The maximum Gasteiger partial charge on any atom is 0.325 e. The predicted molar refractivity (Wildman–Crippen MR) is 164 cm³/mol. The van der Waals surface area contributed by atoms with Crippen LogP contribution in [0.4, 0.5) is 0 Å². The molecule has 0 saturated heterocycles. The SMILES string of the molecule is C[C@@H](NC(=O)[C@H](Cc1ccc(-c2ncc(-c3ccc(Br)cc3)cn2)cc1)NC(=O)c1ccc(C(C)(C)C)s1)C(=O)O. The number of hydrogen-bond donors (Lipinski definition) is 3. The first kappa shape index (κ1) is 30.1. The van der Waals surface area contributed by atoms with Crippen LogP contribution in [0, 0.1) is 0 Å². The van der Waals surface area contributed by atoms with Crippen LogP contribution in [0.5, 0.6) is 0 Å². The molecule has 0 bridgehead atoms. The van der Waals surface area contributed by atoms with Crippen LogP contribution in [-0.2, 0) is 21.4 Å². The van der Waals surface area contributed by atoms with Crippen molar-refractivity contribution in [2.24, 2.45) is 0 Å². The van der Waals surface area contributed by atoms with Crippen molar-refractivity contribution in [2.45, 2.75) is 51.6 Å². The van der Waals surface area contributed by atoms with E-state index in [9.17, 15) is 19.5 Å². The van der Waals surface area contributed by atoms with Crippen LogP contribution < -0.4 is 10.6 Å². The minimum Gasteiger partial charge on any atom is -0.480 e. The molecule has 0 fully saturated rings. The largest absolute Gasteiger partial charge is 0.480 e. The second kappa shape index (κ2) is 12.7. The Hall–Kier alpha value is -3.89. The summed E-state index contributed by atoms with van der Waals surface area (Å²) in [7, 11) is 0. The van der Waals surface area contributed by atoms with Crippen LogP contribution in [0.2, 0.25) is 0 Å². The molecular weight excluding hydrogens is 604 g/mol. The van der Waals surface area contributed by atoms with Crippen molar-refractivity contribution in [3.8, 4) is 22.5 Å². The van der Waals surface area contributed by atoms with Gasteiger partial charge in [0.25, 0.3) is 5.91 Å². The number of carbonyl (C=O) groups excluding carboxylic acids is 2. The first-order chi connectivity index (χ1) is 19.4. The lowest BCUT2D eigenvalue weighted by atomic mass is 9.95. The maximum absolute atomic E-state index is 13.1. The van der Waals surface area contributed by atoms with Gasteiger partial charge in [-0.15, -0.1) is 11.3 Å². The van der Waals surface area contributed by atoms with Crippen LogP contribution in [0.1, 0.15) is 47.8 Å². The molecule has 0 saturated carbocycles. The lowest BCUT2D eigenvalue weighted by Gasteiger charge is -2.20. The molecule has 2 atom stereocenters. The number of carbonyl (C=O) groups is 3. The second-order valence-corrected chi connectivity index (χ2v) is 12.7. The number of amides is 2. The fourth-order valence-corrected chi connectivity index (χ4v) is 5.20. The number of aromatic nitrogens is 2. The third kappa shape index (κ3) is 7.86. The Labute approximate surface area is 251 Å². The highest BCUT2D eigenvalue weighted by Crippen LogP contribution is 2.29. The quantitative estimate of drug-likeness (QED) is 0.212. The van der Waals surface area contributed by atoms with Gasteiger partial charge in [-0.1, -0.05) is 73.1 Å². The van der Waals surface area contributed by atoms with Gasteiger partial charge in [-0.25, -0.2) is 9.97 Å². The van der Waals surface area contributed by atoms with Crippen LogP contribution in [0.3, 0.4) is 0 Å². The van der Waals surface area contributed by atoms with E-state index in [1.807, 2.05) is 54.6 Å². The molecular formula is C31H31BrN4O4S. The minimum atomic E-state index is -1.16. The van der Waals surface area contributed by atoms with Gasteiger partial charge in [0.1, 0.15) is 12.1 Å². The van der Waals surface area contributed by atoms with Crippen molar-refractivity contribution in [1.29, 1.82) is 0 Å². The van der Waals surface area contributed by atoms with Gasteiger partial charge in [-0.05, 0) is 47.7 Å². The molecule has 10 heteroatoms. The normalized spacial score (nSPS) is 12.8. The van der Waals surface area contributed by atoms with Gasteiger partial charge in [0.2, 0.25) is 5.91 Å². The zero-order chi connectivity index (χ0) is 29.7. The van der Waals surface area contributed by atoms with Gasteiger partial charge in [0, 0.05) is 39.3 Å². The zero-order valence-corrected chi connectivity index (χ0v) is 25.5. The Morgan fingerprint density at radius 1 is 0.878 bits per heavy atom. The van der Waals surface area contributed by atoms with Crippen LogP contribution in [0.25, 0.3) is 22.5 Å². The van der Waals surface area contributed by atoms with Crippen molar-refractivity contribution in [1.82, 2.24) is 20.6 Å². The van der Waals surface area contributed by atoms with Crippen molar-refractivity contribution in [3.63, 3.8) is 0 Å². The molecule has 0 unspecified atom stereocenters. The van der Waals surface area contributed by atoms with Gasteiger partial charge in [0.15, 0.2) is 5.82 Å². The van der Waals surface area contributed by atoms with E-state index in [0.717, 1.165) is 31.6 Å². The molecule has 41 heavy (non-hydrogen) atoms. The molecule has 4 aromatic rings. The molecule has 0 spiro atoms. The van der Waals surface area contributed by atoms with E-state index < -0.39 is 24.0 Å². The lowest BCUT2D eigenvalue weighted by Crippen LogP contribution is -2.51. The molecule has 2 aromatic carbocycles. The van der Waals surface area contributed by atoms with E-state index in [1.54, 1.807) is 18.5 Å². The van der Waals surface area contributed by atoms with Gasteiger partial charge < -0.3 is 15.7 Å². The Balaban J connectivity index is 1.50. The zero-order valence-electron chi connectivity index (χ0n) is 23.1. The molecule has 3 N–H and O–H groups in total. The third-order valence-electron chi connectivity index (χ3n) is 6.40. The summed E-state index contributed by atoms with van der Waals surface area (Å²) in [5.74, 6) is -1.56. The molecule has 2 heterocycles. The summed E-state index contributed by atoms with van der Waals surface area (Å²) in [4.78, 5) is 48.0. The van der Waals surface area contributed by atoms with Crippen molar-refractivity contribution in [2.75, 3.05) is 0 Å². The highest BCUT2D eigenvalue weighted by molar-refractivity contribution is 9.10. The molecule has 2 amide bonds. The summed E-state index contributed by atoms with van der Waals surface area (Å²) in [6, 6.07) is 16.9. The van der Waals surface area contributed by atoms with Crippen molar-refractivity contribution >= 4 is 45.1 Å². The Kier molecular flexibility index (Phi) is 9.35. The van der Waals surface area contributed by atoms with E-state index in [-0.39, 0.29) is 17.7 Å². The summed E-state index contributed by atoms with van der Waals surface area (Å²) < 4.78 is 0.996. The first-order valence-electron chi connectivity index (χ1n) is 13.0. The van der Waals surface area contributed by atoms with E-state index in [4.69, 9.17) is 0 Å². The number of carboxylic acids is 1. The minimum absolute atomic E-state index is 0.109. The molecule has 0 aliphatic carbocycles. The van der Waals surface area contributed by atoms with Gasteiger partial charge in [-0.3, -0.25) is 14.4 Å². The van der Waals surface area contributed by atoms with Gasteiger partial charge in [0.05, 0.1) is 4.88 Å². The smallest absolute Gasteiger partial charge is 0.325 e. The van der Waals surface area contributed by atoms with E-state index in [0.29, 0.717) is 10.7 Å². The highest BCUT2D eigenvalue weighted by Gasteiger charge is 2.26. The number of halogens is 1. The average Bonchev–Trinajstić information content (AvgIpc) is 3.45. The molecule has 2 aromatic heterocycles. The number of carboxylic acid groups (broad SMARTS) is 1. The molecule has 0 aliphatic rings. The maximum atomic E-state index is 13.1. The topological polar surface area (TPSA) is 121 Å². The van der Waals surface area contributed by atoms with Crippen molar-refractivity contribution < 1.29 is 19.5 Å². The number of nitrogens with one attached hydrogen (secondary N) is 2. The fraction of sp³-hybridized carbons (Fsp3) is 0.258. The monoisotopic (exact) mass is 634 g/mol. The number of aliphatic carboxylic acids is 1. The number of rotatable bonds is 9. The summed E-state index contributed by atoms with van der Waals surface area (Å²) in [6.45, 7) is 7.58. The predicted octanol–water partition coefficient (Wildman–Crippen LogP) is 5.86. The number of hydrogen-bond acceptors (Lipinski definition) is 6. The number of nitrogens with zero attached hydrogens (tertiary/aromatic N) is 2. The Bertz CT molecular complexity index is 1530. The van der Waals surface area contributed by atoms with Crippen LogP contribution in [-0.4, -0.2) is 44.9 Å². The van der Waals surface area contributed by atoms with Crippen molar-refractivity contribution in [3.05, 3.63) is 92.8 Å². The molecule has 8 nitrogen and oxygen atoms in total. The first-order valence-corrected chi connectivity index (χ1v) is 14.6. The fourth-order valence-electron chi connectivity index (χ4n) is 3.97. The number of benzene rings is 2. The van der Waals surface area contributed by atoms with Crippen LogP contribution >= 0.6 is 27.3 Å². The van der Waals surface area contributed by atoms with E-state index in [2.05, 4.69) is 57.3 Å². The van der Waals surface area contributed by atoms with Crippen LogP contribution in [0.15, 0.2) is 77.5 Å². The second-order valence-electron chi connectivity index (χ2n) is 10.7. The average molecular weight is 636 g/mol. The highest BCUT2D eigenvalue weighted by atomic mass is 79.9. The summed E-state index contributed by atoms with van der Waals surface area (Å²) >= 11 is 4.81. The third-order valence-corrected chi connectivity index (χ3v) is 8.44. The van der Waals surface area contributed by atoms with E-state index in [1.165, 1.54) is 18.3 Å². The Morgan fingerprint density at radius 2 is 1.49 bits per heavy atom.